The number of rotatable bonds is 1. The molecule has 0 aliphatic carbocycles. The van der Waals surface area contributed by atoms with Crippen LogP contribution in [0.5, 0.6) is 0 Å². The third kappa shape index (κ3) is 2.13. The van der Waals surface area contributed by atoms with Crippen molar-refractivity contribution >= 4 is 28.8 Å². The largest absolute Gasteiger partial charge is 0.357 e. The van der Waals surface area contributed by atoms with Crippen molar-refractivity contribution in [1.82, 2.24) is 14.3 Å². The van der Waals surface area contributed by atoms with Gasteiger partial charge in [0.1, 0.15) is 12.1 Å². The molecule has 2 fully saturated rings. The summed E-state index contributed by atoms with van der Waals surface area (Å²) in [5, 5.41) is 0.731. The van der Waals surface area contributed by atoms with Crippen LogP contribution < -0.4 is 4.90 Å². The van der Waals surface area contributed by atoms with E-state index in [1.165, 1.54) is 0 Å². The monoisotopic (exact) mass is 332 g/mol. The molecular formula is C17H21ClN4O. The Bertz CT molecular complexity index is 784. The van der Waals surface area contributed by atoms with Crippen LogP contribution in [0.1, 0.15) is 20.8 Å². The molecule has 0 radical (unpaired) electrons. The quantitative estimate of drug-likeness (QED) is 0.806. The van der Waals surface area contributed by atoms with Gasteiger partial charge in [-0.2, -0.15) is 0 Å². The number of hydrogen-bond donors (Lipinski definition) is 0. The summed E-state index contributed by atoms with van der Waals surface area (Å²) in [4.78, 5) is 20.6. The van der Waals surface area contributed by atoms with Crippen LogP contribution in [-0.2, 0) is 4.79 Å². The highest BCUT2D eigenvalue weighted by Gasteiger charge is 2.52. The number of halogens is 1. The van der Waals surface area contributed by atoms with E-state index in [2.05, 4.69) is 28.1 Å². The minimum atomic E-state index is -0.0993. The number of likely N-dealkylation sites (tertiary alicyclic amines) is 1. The van der Waals surface area contributed by atoms with Crippen LogP contribution in [0.3, 0.4) is 0 Å². The van der Waals surface area contributed by atoms with Crippen molar-refractivity contribution in [2.75, 3.05) is 24.5 Å². The fourth-order valence-corrected chi connectivity index (χ4v) is 4.68. The third-order valence-electron chi connectivity index (χ3n) is 5.63. The van der Waals surface area contributed by atoms with Gasteiger partial charge in [0.25, 0.3) is 0 Å². The first-order valence-corrected chi connectivity index (χ1v) is 8.40. The smallest absolute Gasteiger partial charge is 0.219 e. The highest BCUT2D eigenvalue weighted by atomic mass is 35.5. The van der Waals surface area contributed by atoms with Gasteiger partial charge in [-0.05, 0) is 26.0 Å². The Morgan fingerprint density at radius 3 is 2.78 bits per heavy atom. The van der Waals surface area contributed by atoms with Gasteiger partial charge in [0, 0.05) is 49.0 Å². The van der Waals surface area contributed by atoms with E-state index in [0.29, 0.717) is 11.8 Å². The van der Waals surface area contributed by atoms with Crippen molar-refractivity contribution in [1.29, 1.82) is 0 Å². The zero-order valence-electron chi connectivity index (χ0n) is 13.7. The maximum absolute atomic E-state index is 11.9. The van der Waals surface area contributed by atoms with Crippen LogP contribution in [0.4, 0.5) is 5.82 Å². The second-order valence-electron chi connectivity index (χ2n) is 7.28. The molecule has 2 atom stereocenters. The summed E-state index contributed by atoms with van der Waals surface area (Å²) < 4.78 is 2.09. The molecule has 5 nitrogen and oxygen atoms in total. The molecule has 0 saturated carbocycles. The van der Waals surface area contributed by atoms with Crippen molar-refractivity contribution in [3.05, 3.63) is 29.7 Å². The summed E-state index contributed by atoms with van der Waals surface area (Å²) in [6.45, 7) is 8.78. The minimum absolute atomic E-state index is 0.0993. The Kier molecular flexibility index (Phi) is 3.14. The molecule has 0 N–H and O–H groups in total. The lowest BCUT2D eigenvalue weighted by molar-refractivity contribution is -0.132. The van der Waals surface area contributed by atoms with Crippen LogP contribution in [0, 0.1) is 11.8 Å². The molecule has 6 heteroatoms. The summed E-state index contributed by atoms with van der Waals surface area (Å²) in [7, 11) is 0. The Hall–Kier alpha value is -1.75. The van der Waals surface area contributed by atoms with E-state index in [4.69, 9.17) is 11.6 Å². The van der Waals surface area contributed by atoms with Gasteiger partial charge in [0.2, 0.25) is 5.91 Å². The summed E-state index contributed by atoms with van der Waals surface area (Å²) in [5.41, 5.74) is 0.909. The Morgan fingerprint density at radius 1 is 1.30 bits per heavy atom. The number of carbonyl (C=O) groups excluding carboxylic acids is 1. The van der Waals surface area contributed by atoms with Crippen molar-refractivity contribution in [2.45, 2.75) is 26.3 Å². The van der Waals surface area contributed by atoms with E-state index in [-0.39, 0.29) is 11.4 Å². The van der Waals surface area contributed by atoms with Gasteiger partial charge in [0.15, 0.2) is 0 Å². The Labute approximate surface area is 140 Å². The number of carbonyl (C=O) groups is 1. The number of pyridine rings is 1. The molecule has 0 spiro atoms. The molecule has 0 bridgehead atoms. The molecule has 2 aromatic heterocycles. The molecule has 0 unspecified atom stereocenters. The fraction of sp³-hybridized carbons (Fsp3) is 0.529. The van der Waals surface area contributed by atoms with Gasteiger partial charge < -0.3 is 9.80 Å². The predicted octanol–water partition coefficient (Wildman–Crippen LogP) is 2.68. The van der Waals surface area contributed by atoms with Gasteiger partial charge >= 0.3 is 0 Å². The zero-order valence-corrected chi connectivity index (χ0v) is 14.4. The molecule has 2 aliphatic rings. The fourth-order valence-electron chi connectivity index (χ4n) is 4.47. The average molecular weight is 333 g/mol. The zero-order chi connectivity index (χ0) is 16.4. The Balaban J connectivity index is 1.67. The molecule has 1 amide bonds. The molecular weight excluding hydrogens is 312 g/mol. The van der Waals surface area contributed by atoms with Crippen molar-refractivity contribution in [3.8, 4) is 0 Å². The number of nitrogens with zero attached hydrogens (tertiary/aromatic N) is 4. The summed E-state index contributed by atoms with van der Waals surface area (Å²) >= 11 is 6.28. The van der Waals surface area contributed by atoms with Crippen LogP contribution in [0.15, 0.2) is 24.7 Å². The summed E-state index contributed by atoms with van der Waals surface area (Å²) in [6, 6.07) is 3.93. The number of hydrogen-bond acceptors (Lipinski definition) is 3. The lowest BCUT2D eigenvalue weighted by atomic mass is 9.85. The molecule has 2 saturated heterocycles. The second-order valence-corrected chi connectivity index (χ2v) is 7.71. The van der Waals surface area contributed by atoms with Crippen LogP contribution >= 0.6 is 11.6 Å². The van der Waals surface area contributed by atoms with Crippen molar-refractivity contribution < 1.29 is 4.79 Å². The molecule has 23 heavy (non-hydrogen) atoms. The highest BCUT2D eigenvalue weighted by Crippen LogP contribution is 2.44. The topological polar surface area (TPSA) is 40.9 Å². The number of anilines is 1. The van der Waals surface area contributed by atoms with E-state index < -0.39 is 0 Å². The summed E-state index contributed by atoms with van der Waals surface area (Å²) in [6.07, 6.45) is 3.66. The van der Waals surface area contributed by atoms with E-state index in [9.17, 15) is 4.79 Å². The standard InChI is InChI=1S/C17H21ClN4O/c1-11(23)22-8-12-7-20(9-15(12)17(22,2)3)16-5-13(18)4-14-6-19-10-21(14)16/h4-6,10,12,15H,7-9H2,1-3H3/t12-,15-/m0/s1. The Morgan fingerprint density at radius 2 is 2.09 bits per heavy atom. The minimum Gasteiger partial charge on any atom is -0.357 e. The molecule has 2 aromatic rings. The number of imidazole rings is 1. The normalized spacial score (nSPS) is 26.1. The second kappa shape index (κ2) is 4.87. The first-order valence-electron chi connectivity index (χ1n) is 8.02. The number of amides is 1. The van der Waals surface area contributed by atoms with Gasteiger partial charge in [-0.15, -0.1) is 0 Å². The van der Waals surface area contributed by atoms with E-state index in [1.54, 1.807) is 6.92 Å². The maximum atomic E-state index is 11.9. The van der Waals surface area contributed by atoms with E-state index in [0.717, 1.165) is 36.0 Å². The predicted molar refractivity (Wildman–Crippen MR) is 90.9 cm³/mol. The van der Waals surface area contributed by atoms with Gasteiger partial charge in [-0.3, -0.25) is 9.20 Å². The van der Waals surface area contributed by atoms with Gasteiger partial charge in [-0.25, -0.2) is 4.98 Å². The van der Waals surface area contributed by atoms with Crippen molar-refractivity contribution in [2.24, 2.45) is 11.8 Å². The molecule has 4 rings (SSSR count). The third-order valence-corrected chi connectivity index (χ3v) is 5.85. The van der Waals surface area contributed by atoms with E-state index in [1.807, 2.05) is 29.6 Å². The van der Waals surface area contributed by atoms with Crippen LogP contribution in [-0.4, -0.2) is 45.4 Å². The average Bonchev–Trinajstić information content (AvgIpc) is 3.13. The lowest BCUT2D eigenvalue weighted by Crippen LogP contribution is -2.47. The van der Waals surface area contributed by atoms with Gasteiger partial charge in [0.05, 0.1) is 11.7 Å². The highest BCUT2D eigenvalue weighted by molar-refractivity contribution is 6.31. The van der Waals surface area contributed by atoms with Crippen LogP contribution in [0.2, 0.25) is 5.02 Å². The molecule has 122 valence electrons. The SMILES string of the molecule is CC(=O)N1C[C@@H]2CN(c3cc(Cl)cc4cncn34)C[C@@H]2C1(C)C. The van der Waals surface area contributed by atoms with Crippen molar-refractivity contribution in [3.63, 3.8) is 0 Å². The van der Waals surface area contributed by atoms with E-state index >= 15 is 0 Å². The van der Waals surface area contributed by atoms with Crippen LogP contribution in [0.25, 0.3) is 5.52 Å². The number of aromatic nitrogens is 2. The molecule has 4 heterocycles. The van der Waals surface area contributed by atoms with Gasteiger partial charge in [-0.1, -0.05) is 11.6 Å². The first-order chi connectivity index (χ1) is 10.9. The molecule has 0 aromatic carbocycles. The maximum Gasteiger partial charge on any atom is 0.219 e. The lowest BCUT2D eigenvalue weighted by Gasteiger charge is -2.36. The number of fused-ring (bicyclic) bond motifs is 2. The summed E-state index contributed by atoms with van der Waals surface area (Å²) in [5.74, 6) is 2.25. The first kappa shape index (κ1) is 14.8. The molecule has 2 aliphatic heterocycles.